The highest BCUT2D eigenvalue weighted by Crippen LogP contribution is 2.31. The van der Waals surface area contributed by atoms with Crippen LogP contribution in [0.5, 0.6) is 0 Å². The maximum Gasteiger partial charge on any atom is 0.223 e. The molecule has 3 nitrogen and oxygen atoms in total. The lowest BCUT2D eigenvalue weighted by atomic mass is 10.1. The average Bonchev–Trinajstić information content (AvgIpc) is 2.91. The van der Waals surface area contributed by atoms with Crippen LogP contribution < -0.4 is 9.80 Å². The largest absolute Gasteiger partial charge is 0.370 e. The van der Waals surface area contributed by atoms with Gasteiger partial charge in [-0.05, 0) is 35.7 Å². The van der Waals surface area contributed by atoms with Crippen molar-refractivity contribution in [3.63, 3.8) is 0 Å². The Hall–Kier alpha value is -2.29. The number of nitrogens with zero attached hydrogens (tertiary/aromatic N) is 2. The molecule has 0 spiro atoms. The summed E-state index contributed by atoms with van der Waals surface area (Å²) in [6.07, 6.45) is 0.946. The Morgan fingerprint density at radius 3 is 2.67 bits per heavy atom. The van der Waals surface area contributed by atoms with Gasteiger partial charge >= 0.3 is 0 Å². The molecule has 1 aliphatic rings. The third-order valence-corrected chi connectivity index (χ3v) is 4.04. The Morgan fingerprint density at radius 2 is 1.95 bits per heavy atom. The molecule has 0 aliphatic carbocycles. The van der Waals surface area contributed by atoms with Crippen LogP contribution in [0.4, 0.5) is 11.4 Å². The van der Waals surface area contributed by atoms with Crippen LogP contribution >= 0.6 is 0 Å². The Labute approximate surface area is 125 Å². The van der Waals surface area contributed by atoms with E-state index >= 15 is 0 Å². The summed E-state index contributed by atoms with van der Waals surface area (Å²) in [6, 6.07) is 16.8. The molecule has 0 atom stereocenters. The molecular weight excluding hydrogens is 260 g/mol. The van der Waals surface area contributed by atoms with Gasteiger partial charge in [0, 0.05) is 38.4 Å². The Kier molecular flexibility index (Phi) is 3.65. The summed E-state index contributed by atoms with van der Waals surface area (Å²) in [5.74, 6) is 0.124. The van der Waals surface area contributed by atoms with E-state index < -0.39 is 0 Å². The number of rotatable bonds is 3. The van der Waals surface area contributed by atoms with Crippen LogP contribution in [0.2, 0.25) is 0 Å². The number of amides is 1. The zero-order chi connectivity index (χ0) is 14.8. The van der Waals surface area contributed by atoms with Gasteiger partial charge in [-0.1, -0.05) is 30.3 Å². The molecule has 0 saturated heterocycles. The van der Waals surface area contributed by atoms with Crippen molar-refractivity contribution < 1.29 is 4.79 Å². The summed E-state index contributed by atoms with van der Waals surface area (Å²) in [4.78, 5) is 15.7. The fourth-order valence-corrected chi connectivity index (χ4v) is 2.90. The Bertz CT molecular complexity index is 652. The molecule has 3 rings (SSSR count). The minimum Gasteiger partial charge on any atom is -0.370 e. The minimum atomic E-state index is 0.124. The molecule has 108 valence electrons. The van der Waals surface area contributed by atoms with Crippen LogP contribution in [0.1, 0.15) is 18.1 Å². The second-order valence-corrected chi connectivity index (χ2v) is 5.58. The van der Waals surface area contributed by atoms with Gasteiger partial charge in [-0.25, -0.2) is 0 Å². The molecule has 0 N–H and O–H groups in total. The van der Waals surface area contributed by atoms with E-state index in [1.807, 2.05) is 11.0 Å². The molecule has 0 fully saturated rings. The third-order valence-electron chi connectivity index (χ3n) is 4.04. The highest BCUT2D eigenvalue weighted by molar-refractivity contribution is 5.94. The van der Waals surface area contributed by atoms with Crippen molar-refractivity contribution in [2.75, 3.05) is 23.4 Å². The first-order valence-electron chi connectivity index (χ1n) is 7.31. The topological polar surface area (TPSA) is 23.6 Å². The molecule has 21 heavy (non-hydrogen) atoms. The fourth-order valence-electron chi connectivity index (χ4n) is 2.90. The molecule has 2 aromatic rings. The number of carbonyl (C=O) groups is 1. The lowest BCUT2D eigenvalue weighted by Crippen LogP contribution is -2.25. The Morgan fingerprint density at radius 1 is 1.19 bits per heavy atom. The van der Waals surface area contributed by atoms with E-state index in [-0.39, 0.29) is 5.91 Å². The number of anilines is 2. The van der Waals surface area contributed by atoms with E-state index in [2.05, 4.69) is 54.4 Å². The first-order valence-corrected chi connectivity index (χ1v) is 7.31. The summed E-state index contributed by atoms with van der Waals surface area (Å²) in [7, 11) is 2.10. The molecule has 3 heteroatoms. The van der Waals surface area contributed by atoms with Crippen LogP contribution in [0.15, 0.2) is 48.5 Å². The zero-order valence-electron chi connectivity index (χ0n) is 12.5. The van der Waals surface area contributed by atoms with Gasteiger partial charge in [0.05, 0.1) is 0 Å². The van der Waals surface area contributed by atoms with Crippen LogP contribution in [0.25, 0.3) is 0 Å². The predicted molar refractivity (Wildman–Crippen MR) is 86.7 cm³/mol. The van der Waals surface area contributed by atoms with Gasteiger partial charge in [-0.3, -0.25) is 4.79 Å². The number of carbonyl (C=O) groups excluding carboxylic acids is 1. The lowest BCUT2D eigenvalue weighted by molar-refractivity contribution is -0.116. The quantitative estimate of drug-likeness (QED) is 0.861. The molecule has 0 unspecified atom stereocenters. The van der Waals surface area contributed by atoms with Crippen LogP contribution in [-0.2, 0) is 17.8 Å². The van der Waals surface area contributed by atoms with Crippen molar-refractivity contribution in [3.05, 3.63) is 59.7 Å². The Balaban J connectivity index is 1.80. The van der Waals surface area contributed by atoms with Crippen molar-refractivity contribution in [2.45, 2.75) is 19.9 Å². The summed E-state index contributed by atoms with van der Waals surface area (Å²) in [5.41, 5.74) is 4.83. The van der Waals surface area contributed by atoms with Gasteiger partial charge in [0.2, 0.25) is 5.91 Å². The smallest absolute Gasteiger partial charge is 0.223 e. The predicted octanol–water partition coefficient (Wildman–Crippen LogP) is 3.23. The molecule has 1 aliphatic heterocycles. The van der Waals surface area contributed by atoms with E-state index in [0.717, 1.165) is 25.2 Å². The van der Waals surface area contributed by atoms with E-state index in [1.54, 1.807) is 6.92 Å². The second kappa shape index (κ2) is 5.60. The molecule has 0 radical (unpaired) electrons. The van der Waals surface area contributed by atoms with Crippen molar-refractivity contribution in [1.29, 1.82) is 0 Å². The van der Waals surface area contributed by atoms with Crippen LogP contribution in [-0.4, -0.2) is 19.5 Å². The molecule has 1 heterocycles. The van der Waals surface area contributed by atoms with Crippen molar-refractivity contribution in [1.82, 2.24) is 0 Å². The van der Waals surface area contributed by atoms with Crippen molar-refractivity contribution in [3.8, 4) is 0 Å². The standard InChI is InChI=1S/C18H20N2O/c1-14(21)20-11-10-16-12-17(8-9-18(16)20)19(2)13-15-6-4-3-5-7-15/h3-9,12H,10-11,13H2,1-2H3. The SMILES string of the molecule is CC(=O)N1CCc2cc(N(C)Cc3ccccc3)ccc21. The maximum absolute atomic E-state index is 11.6. The number of hydrogen-bond acceptors (Lipinski definition) is 2. The van der Waals surface area contributed by atoms with Crippen molar-refractivity contribution >= 4 is 17.3 Å². The lowest BCUT2D eigenvalue weighted by Gasteiger charge is -2.21. The molecule has 0 saturated carbocycles. The highest BCUT2D eigenvalue weighted by atomic mass is 16.2. The van der Waals surface area contributed by atoms with Gasteiger partial charge in [-0.2, -0.15) is 0 Å². The van der Waals surface area contributed by atoms with E-state index in [4.69, 9.17) is 0 Å². The first kappa shape index (κ1) is 13.7. The molecule has 1 amide bonds. The summed E-state index contributed by atoms with van der Waals surface area (Å²) in [5, 5.41) is 0. The second-order valence-electron chi connectivity index (χ2n) is 5.58. The van der Waals surface area contributed by atoms with Gasteiger partial charge in [0.25, 0.3) is 0 Å². The highest BCUT2D eigenvalue weighted by Gasteiger charge is 2.22. The third kappa shape index (κ3) is 2.77. The summed E-state index contributed by atoms with van der Waals surface area (Å²) >= 11 is 0. The van der Waals surface area contributed by atoms with E-state index in [9.17, 15) is 4.79 Å². The maximum atomic E-state index is 11.6. The van der Waals surface area contributed by atoms with Gasteiger partial charge in [-0.15, -0.1) is 0 Å². The fraction of sp³-hybridized carbons (Fsp3) is 0.278. The van der Waals surface area contributed by atoms with E-state index in [0.29, 0.717) is 0 Å². The zero-order valence-corrected chi connectivity index (χ0v) is 12.5. The molecule has 0 bridgehead atoms. The summed E-state index contributed by atoms with van der Waals surface area (Å²) in [6.45, 7) is 3.32. The van der Waals surface area contributed by atoms with Gasteiger partial charge in [0.1, 0.15) is 0 Å². The molecule has 2 aromatic carbocycles. The number of hydrogen-bond donors (Lipinski definition) is 0. The van der Waals surface area contributed by atoms with Crippen molar-refractivity contribution in [2.24, 2.45) is 0 Å². The minimum absolute atomic E-state index is 0.124. The monoisotopic (exact) mass is 280 g/mol. The van der Waals surface area contributed by atoms with E-state index in [1.165, 1.54) is 16.8 Å². The number of benzene rings is 2. The van der Waals surface area contributed by atoms with Gasteiger partial charge in [0.15, 0.2) is 0 Å². The molecular formula is C18H20N2O. The van der Waals surface area contributed by atoms with Crippen LogP contribution in [0.3, 0.4) is 0 Å². The summed E-state index contributed by atoms with van der Waals surface area (Å²) < 4.78 is 0. The number of fused-ring (bicyclic) bond motifs is 1. The normalized spacial score (nSPS) is 13.1. The first-order chi connectivity index (χ1) is 10.1. The molecule has 0 aromatic heterocycles. The van der Waals surface area contributed by atoms with Gasteiger partial charge < -0.3 is 9.80 Å². The average molecular weight is 280 g/mol. The van der Waals surface area contributed by atoms with Crippen LogP contribution in [0, 0.1) is 0 Å².